The van der Waals surface area contributed by atoms with Crippen LogP contribution in [0.2, 0.25) is 6.04 Å². The van der Waals surface area contributed by atoms with Gasteiger partial charge in [-0.2, -0.15) is 11.1 Å². The van der Waals surface area contributed by atoms with E-state index in [1.54, 1.807) is 0 Å². The molecule has 0 aromatic heterocycles. The Labute approximate surface area is 180 Å². The minimum absolute atomic E-state index is 0.446. The van der Waals surface area contributed by atoms with Crippen molar-refractivity contribution in [2.24, 2.45) is 0 Å². The van der Waals surface area contributed by atoms with Gasteiger partial charge in [-0.25, -0.2) is 0 Å². The molecule has 0 saturated heterocycles. The molecule has 0 aliphatic carbocycles. The molecule has 3 heteroatoms. The second kappa shape index (κ2) is 9.54. The molecule has 29 heavy (non-hydrogen) atoms. The first-order valence-electron chi connectivity index (χ1n) is 9.95. The Morgan fingerprint density at radius 1 is 0.517 bits per heavy atom. The average Bonchev–Trinajstić information content (AvgIpc) is 2.81. The maximum absolute atomic E-state index is 7.56. The molecule has 0 heterocycles. The van der Waals surface area contributed by atoms with Gasteiger partial charge in [0, 0.05) is 0 Å². The fourth-order valence-electron chi connectivity index (χ4n) is 3.75. The van der Waals surface area contributed by atoms with E-state index in [4.69, 9.17) is 11.1 Å². The van der Waals surface area contributed by atoms with E-state index in [2.05, 4.69) is 121 Å². The zero-order valence-electron chi connectivity index (χ0n) is 16.3. The molecule has 0 N–H and O–H groups in total. The van der Waals surface area contributed by atoms with E-state index < -0.39 is 15.3 Å². The first kappa shape index (κ1) is 20.1. The van der Waals surface area contributed by atoms with Gasteiger partial charge in [0.1, 0.15) is 0 Å². The van der Waals surface area contributed by atoms with Gasteiger partial charge < -0.3 is 0 Å². The lowest BCUT2D eigenvalue weighted by atomic mass is 10.4. The van der Waals surface area contributed by atoms with E-state index in [1.807, 2.05) is 0 Å². The first-order chi connectivity index (χ1) is 14.3. The molecule has 0 amide bonds. The van der Waals surface area contributed by atoms with Gasteiger partial charge in [0.05, 0.1) is 0 Å². The fraction of sp³-hybridized carbons (Fsp3) is 0.0769. The molecule has 0 radical (unpaired) electrons. The summed E-state index contributed by atoms with van der Waals surface area (Å²) in [7, 11) is -2.79. The molecule has 0 saturated carbocycles. The number of hydrogen-bond acceptors (Lipinski definition) is 0. The molecule has 4 rings (SSSR count). The molecule has 4 aromatic carbocycles. The second-order valence-corrected chi connectivity index (χ2v) is 14.6. The number of benzene rings is 4. The van der Waals surface area contributed by atoms with Gasteiger partial charge in [-0.05, 0) is 41.1 Å². The van der Waals surface area contributed by atoms with E-state index in [-0.39, 0.29) is 0 Å². The monoisotopic (exact) mass is 430 g/mol. The van der Waals surface area contributed by atoms with Gasteiger partial charge in [0.25, 0.3) is 0 Å². The zero-order chi connectivity index (χ0) is 19.9. The highest BCUT2D eigenvalue weighted by molar-refractivity contribution is 7.73. The number of halogens is 1. The van der Waals surface area contributed by atoms with Gasteiger partial charge in [0.15, 0.2) is 0 Å². The van der Waals surface area contributed by atoms with Crippen molar-refractivity contribution in [2.75, 3.05) is 6.16 Å². The smallest absolute Gasteiger partial charge is 0.155 e. The zero-order valence-corrected chi connectivity index (χ0v) is 18.9. The molecule has 0 nitrogen and oxygen atoms in total. The van der Waals surface area contributed by atoms with Crippen molar-refractivity contribution in [1.29, 1.82) is 0 Å². The molecule has 0 spiro atoms. The van der Waals surface area contributed by atoms with Crippen molar-refractivity contribution in [3.8, 4) is 0 Å². The molecule has 144 valence electrons. The predicted octanol–water partition coefficient (Wildman–Crippen LogP) is 5.12. The van der Waals surface area contributed by atoms with E-state index >= 15 is 0 Å². The molecule has 0 unspecified atom stereocenters. The Balaban J connectivity index is 1.70. The summed E-state index contributed by atoms with van der Waals surface area (Å²) in [5.74, 6) is 0. The summed E-state index contributed by atoms with van der Waals surface area (Å²) in [6.45, 7) is 0. The summed E-state index contributed by atoms with van der Waals surface area (Å²) in [5.41, 5.74) is 0. The van der Waals surface area contributed by atoms with Crippen LogP contribution in [0.5, 0.6) is 0 Å². The minimum Gasteiger partial charge on any atom is -0.155 e. The second-order valence-electron chi connectivity index (χ2n) is 7.11. The van der Waals surface area contributed by atoms with Crippen molar-refractivity contribution >= 4 is 47.4 Å². The van der Waals surface area contributed by atoms with Crippen LogP contribution in [0.3, 0.4) is 0 Å². The predicted molar refractivity (Wildman–Crippen MR) is 133 cm³/mol. The molecule has 0 bridgehead atoms. The standard InChI is InChI=1S/C26H24ClPSi/c27-29(25-17-9-3-10-18-25,26-19-11-4-12-20-26)22-21-28(23-13-5-1-6-14-23)24-15-7-2-8-16-24/h1-20H,21-22H2. The third-order valence-corrected chi connectivity index (χ3v) is 13.5. The van der Waals surface area contributed by atoms with Gasteiger partial charge in [-0.15, -0.1) is 0 Å². The van der Waals surface area contributed by atoms with Crippen molar-refractivity contribution in [2.45, 2.75) is 6.04 Å². The summed E-state index contributed by atoms with van der Waals surface area (Å²) in [5, 5.41) is 5.43. The van der Waals surface area contributed by atoms with Crippen LogP contribution in [0.25, 0.3) is 0 Å². The molecular formula is C26H24ClPSi. The summed E-state index contributed by atoms with van der Waals surface area (Å²) in [4.78, 5) is 0. The van der Waals surface area contributed by atoms with Crippen molar-refractivity contribution in [3.05, 3.63) is 121 Å². The van der Waals surface area contributed by atoms with Crippen LogP contribution in [0.15, 0.2) is 121 Å². The van der Waals surface area contributed by atoms with Crippen LogP contribution in [0.4, 0.5) is 0 Å². The van der Waals surface area contributed by atoms with Crippen LogP contribution in [-0.4, -0.2) is 13.5 Å². The number of hydrogen-bond donors (Lipinski definition) is 0. The highest BCUT2D eigenvalue weighted by Crippen LogP contribution is 2.36. The normalized spacial score (nSPS) is 11.5. The summed E-state index contributed by atoms with van der Waals surface area (Å²) >= 11 is 7.56. The van der Waals surface area contributed by atoms with Crippen LogP contribution < -0.4 is 21.0 Å². The Morgan fingerprint density at radius 3 is 1.24 bits per heavy atom. The lowest BCUT2D eigenvalue weighted by Gasteiger charge is -2.28. The van der Waals surface area contributed by atoms with E-state index in [1.165, 1.54) is 21.0 Å². The Hall–Kier alpha value is -2.18. The lowest BCUT2D eigenvalue weighted by molar-refractivity contribution is 1.43. The van der Waals surface area contributed by atoms with E-state index in [0.717, 1.165) is 12.2 Å². The van der Waals surface area contributed by atoms with E-state index in [9.17, 15) is 0 Å². The Bertz CT molecular complexity index is 929. The molecule has 0 atom stereocenters. The quantitative estimate of drug-likeness (QED) is 0.217. The lowest BCUT2D eigenvalue weighted by Crippen LogP contribution is -2.54. The maximum Gasteiger partial charge on any atom is 0.217 e. The van der Waals surface area contributed by atoms with Crippen molar-refractivity contribution in [1.82, 2.24) is 0 Å². The third kappa shape index (κ3) is 4.70. The van der Waals surface area contributed by atoms with Crippen LogP contribution in [0, 0.1) is 0 Å². The van der Waals surface area contributed by atoms with Crippen LogP contribution in [-0.2, 0) is 0 Å². The Kier molecular flexibility index (Phi) is 6.62. The summed E-state index contributed by atoms with van der Waals surface area (Å²) in [6.07, 6.45) is 1.09. The molecule has 0 aliphatic heterocycles. The van der Waals surface area contributed by atoms with Crippen LogP contribution >= 0.6 is 19.0 Å². The van der Waals surface area contributed by atoms with Crippen molar-refractivity contribution < 1.29 is 0 Å². The van der Waals surface area contributed by atoms with Crippen molar-refractivity contribution in [3.63, 3.8) is 0 Å². The number of rotatable bonds is 7. The largest absolute Gasteiger partial charge is 0.217 e. The molecule has 0 aliphatic rings. The van der Waals surface area contributed by atoms with Gasteiger partial charge in [0.2, 0.25) is 7.38 Å². The van der Waals surface area contributed by atoms with Crippen LogP contribution in [0.1, 0.15) is 0 Å². The molecular weight excluding hydrogens is 407 g/mol. The topological polar surface area (TPSA) is 0 Å². The summed E-state index contributed by atoms with van der Waals surface area (Å²) in [6, 6.07) is 44.3. The van der Waals surface area contributed by atoms with E-state index in [0.29, 0.717) is 0 Å². The first-order valence-corrected chi connectivity index (χ1v) is 14.7. The highest BCUT2D eigenvalue weighted by atomic mass is 35.6. The minimum atomic E-state index is -2.34. The fourth-order valence-corrected chi connectivity index (χ4v) is 11.6. The SMILES string of the molecule is Cl[Si](CCP(c1ccccc1)c1ccccc1)(c1ccccc1)c1ccccc1. The maximum atomic E-state index is 7.56. The average molecular weight is 431 g/mol. The molecule has 0 fully saturated rings. The molecule has 4 aromatic rings. The highest BCUT2D eigenvalue weighted by Gasteiger charge is 2.36. The van der Waals surface area contributed by atoms with Gasteiger partial charge >= 0.3 is 0 Å². The Morgan fingerprint density at radius 2 is 0.862 bits per heavy atom. The van der Waals surface area contributed by atoms with Gasteiger partial charge in [-0.1, -0.05) is 121 Å². The third-order valence-electron chi connectivity index (χ3n) is 5.28. The summed E-state index contributed by atoms with van der Waals surface area (Å²) < 4.78 is 0. The van der Waals surface area contributed by atoms with Gasteiger partial charge in [-0.3, -0.25) is 0 Å².